The van der Waals surface area contributed by atoms with E-state index < -0.39 is 12.0 Å². The van der Waals surface area contributed by atoms with Crippen LogP contribution in [0.4, 0.5) is 0 Å². The second-order valence-corrected chi connectivity index (χ2v) is 10.8. The molecule has 0 saturated heterocycles. The molecule has 0 bridgehead atoms. The zero-order valence-corrected chi connectivity index (χ0v) is 23.5. The van der Waals surface area contributed by atoms with Crippen LogP contribution in [0.5, 0.6) is 11.5 Å². The molecular formula is C30H34N2O5S. The third kappa shape index (κ3) is 5.91. The lowest BCUT2D eigenvalue weighted by Gasteiger charge is -2.26. The molecule has 0 spiro atoms. The average molecular weight is 535 g/mol. The van der Waals surface area contributed by atoms with Gasteiger partial charge in [-0.15, -0.1) is 0 Å². The van der Waals surface area contributed by atoms with Gasteiger partial charge < -0.3 is 14.2 Å². The third-order valence-corrected chi connectivity index (χ3v) is 6.84. The Hall–Kier alpha value is -3.65. The predicted octanol–water partition coefficient (Wildman–Crippen LogP) is 4.62. The summed E-state index contributed by atoms with van der Waals surface area (Å²) in [5.74, 6) is 1.33. The number of carbonyl (C=O) groups excluding carboxylic acids is 1. The molecule has 38 heavy (non-hydrogen) atoms. The van der Waals surface area contributed by atoms with E-state index in [-0.39, 0.29) is 18.3 Å². The summed E-state index contributed by atoms with van der Waals surface area (Å²) in [6.45, 7) is 12.5. The van der Waals surface area contributed by atoms with Crippen LogP contribution < -0.4 is 24.4 Å². The van der Waals surface area contributed by atoms with Crippen molar-refractivity contribution in [3.8, 4) is 11.5 Å². The number of thiazole rings is 1. The smallest absolute Gasteiger partial charge is 0.338 e. The molecule has 8 heteroatoms. The number of fused-ring (bicyclic) bond motifs is 1. The Balaban J connectivity index is 1.85. The number of hydrogen-bond donors (Lipinski definition) is 0. The molecular weight excluding hydrogens is 500 g/mol. The summed E-state index contributed by atoms with van der Waals surface area (Å²) in [7, 11) is 0. The van der Waals surface area contributed by atoms with Crippen LogP contribution in [0.2, 0.25) is 0 Å². The number of nitrogens with zero attached hydrogens (tertiary/aromatic N) is 2. The summed E-state index contributed by atoms with van der Waals surface area (Å²) in [4.78, 5) is 32.2. The van der Waals surface area contributed by atoms with Crippen molar-refractivity contribution >= 4 is 23.4 Å². The summed E-state index contributed by atoms with van der Waals surface area (Å²) >= 11 is 1.29. The highest BCUT2D eigenvalue weighted by atomic mass is 32.1. The fourth-order valence-corrected chi connectivity index (χ4v) is 5.27. The van der Waals surface area contributed by atoms with Crippen LogP contribution in [0.3, 0.4) is 0 Å². The lowest BCUT2D eigenvalue weighted by molar-refractivity contribution is -0.139. The van der Waals surface area contributed by atoms with Gasteiger partial charge in [0, 0.05) is 5.56 Å². The first-order valence-electron chi connectivity index (χ1n) is 12.9. The molecule has 4 rings (SSSR count). The highest BCUT2D eigenvalue weighted by molar-refractivity contribution is 7.07. The van der Waals surface area contributed by atoms with Crippen molar-refractivity contribution in [3.05, 3.63) is 90.6 Å². The molecule has 0 unspecified atom stereocenters. The van der Waals surface area contributed by atoms with Crippen molar-refractivity contribution in [2.24, 2.45) is 10.9 Å². The van der Waals surface area contributed by atoms with E-state index in [2.05, 4.69) is 18.8 Å². The minimum Gasteiger partial charge on any atom is -0.493 e. The molecule has 0 fully saturated rings. The monoisotopic (exact) mass is 534 g/mol. The van der Waals surface area contributed by atoms with Crippen molar-refractivity contribution in [2.75, 3.05) is 13.2 Å². The van der Waals surface area contributed by atoms with Crippen molar-refractivity contribution in [2.45, 2.75) is 53.7 Å². The topological polar surface area (TPSA) is 79.1 Å². The van der Waals surface area contributed by atoms with Crippen molar-refractivity contribution in [1.29, 1.82) is 0 Å². The van der Waals surface area contributed by atoms with E-state index in [0.717, 1.165) is 11.3 Å². The summed E-state index contributed by atoms with van der Waals surface area (Å²) in [5, 5.41) is 0. The van der Waals surface area contributed by atoms with E-state index in [9.17, 15) is 9.59 Å². The summed E-state index contributed by atoms with van der Waals surface area (Å²) in [6.07, 6.45) is 1.75. The standard InChI is InChI=1S/C30H34N2O5S/c1-7-35-29(34)26-20(6)31-30-32(27(26)23-10-8-9-11-24(23)37-19(4)5)28(33)25(38-30)16-21-12-14-22(15-13-21)36-17-18(2)3/h8-16,18-19,27H,7,17H2,1-6H3/b25-16+/t27-/m0/s1. The number of rotatable bonds is 9. The number of benzene rings is 2. The van der Waals surface area contributed by atoms with Gasteiger partial charge in [0.1, 0.15) is 17.5 Å². The molecule has 7 nitrogen and oxygen atoms in total. The van der Waals surface area contributed by atoms with Gasteiger partial charge in [0.05, 0.1) is 35.1 Å². The Labute approximate surface area is 226 Å². The van der Waals surface area contributed by atoms with Gasteiger partial charge in [-0.3, -0.25) is 9.36 Å². The summed E-state index contributed by atoms with van der Waals surface area (Å²) in [6, 6.07) is 14.4. The maximum Gasteiger partial charge on any atom is 0.338 e. The van der Waals surface area contributed by atoms with Crippen molar-refractivity contribution < 1.29 is 19.0 Å². The second kappa shape index (κ2) is 11.8. The fourth-order valence-electron chi connectivity index (χ4n) is 4.23. The molecule has 1 aliphatic heterocycles. The largest absolute Gasteiger partial charge is 0.493 e. The van der Waals surface area contributed by atoms with E-state index in [1.165, 1.54) is 11.3 Å². The molecule has 1 aliphatic rings. The van der Waals surface area contributed by atoms with Gasteiger partial charge >= 0.3 is 5.97 Å². The van der Waals surface area contributed by atoms with Crippen LogP contribution in [0, 0.1) is 5.92 Å². The van der Waals surface area contributed by atoms with Crippen LogP contribution in [0.1, 0.15) is 58.7 Å². The quantitative estimate of drug-likeness (QED) is 0.375. The minimum atomic E-state index is -0.728. The molecule has 3 aromatic rings. The maximum absolute atomic E-state index is 13.9. The lowest BCUT2D eigenvalue weighted by atomic mass is 9.95. The van der Waals surface area contributed by atoms with E-state index in [1.54, 1.807) is 18.4 Å². The van der Waals surface area contributed by atoms with E-state index >= 15 is 0 Å². The molecule has 0 amide bonds. The average Bonchev–Trinajstić information content (AvgIpc) is 3.17. The van der Waals surface area contributed by atoms with Gasteiger partial charge in [-0.2, -0.15) is 0 Å². The van der Waals surface area contributed by atoms with E-state index in [1.807, 2.05) is 68.5 Å². The molecule has 0 aliphatic carbocycles. The number of esters is 1. The van der Waals surface area contributed by atoms with Gasteiger partial charge in [-0.1, -0.05) is 55.5 Å². The molecule has 0 radical (unpaired) electrons. The van der Waals surface area contributed by atoms with Gasteiger partial charge in [-0.25, -0.2) is 9.79 Å². The first kappa shape index (κ1) is 27.4. The van der Waals surface area contributed by atoms with Gasteiger partial charge in [0.2, 0.25) is 0 Å². The zero-order chi connectivity index (χ0) is 27.4. The Morgan fingerprint density at radius 3 is 2.47 bits per heavy atom. The van der Waals surface area contributed by atoms with Gasteiger partial charge in [0.25, 0.3) is 5.56 Å². The number of hydrogen-bond acceptors (Lipinski definition) is 7. The van der Waals surface area contributed by atoms with Crippen LogP contribution in [0.25, 0.3) is 6.08 Å². The summed E-state index contributed by atoms with van der Waals surface area (Å²) in [5.41, 5.74) is 2.20. The first-order chi connectivity index (χ1) is 18.2. The van der Waals surface area contributed by atoms with Crippen LogP contribution in [0.15, 0.2) is 69.6 Å². The molecule has 200 valence electrons. The fraction of sp³-hybridized carbons (Fsp3) is 0.367. The van der Waals surface area contributed by atoms with Crippen LogP contribution in [-0.2, 0) is 9.53 Å². The third-order valence-electron chi connectivity index (χ3n) is 5.85. The lowest BCUT2D eigenvalue weighted by Crippen LogP contribution is -2.40. The first-order valence-corrected chi connectivity index (χ1v) is 13.7. The minimum absolute atomic E-state index is 0.0874. The highest BCUT2D eigenvalue weighted by Gasteiger charge is 2.35. The SMILES string of the molecule is CCOC(=O)C1=C(C)N=c2s/c(=C/c3ccc(OCC(C)C)cc3)c(=O)n2[C@H]1c1ccccc1OC(C)C. The number of aromatic nitrogens is 1. The van der Waals surface area contributed by atoms with Crippen LogP contribution >= 0.6 is 11.3 Å². The number of allylic oxidation sites excluding steroid dienone is 1. The molecule has 0 N–H and O–H groups in total. The highest BCUT2D eigenvalue weighted by Crippen LogP contribution is 2.36. The normalized spacial score (nSPS) is 15.5. The predicted molar refractivity (Wildman–Crippen MR) is 149 cm³/mol. The Morgan fingerprint density at radius 2 is 1.82 bits per heavy atom. The van der Waals surface area contributed by atoms with E-state index in [4.69, 9.17) is 14.2 Å². The number of para-hydroxylation sites is 1. The molecule has 1 aromatic heterocycles. The maximum atomic E-state index is 13.9. The van der Waals surface area contributed by atoms with Gasteiger partial charge in [-0.05, 0) is 63.5 Å². The zero-order valence-electron chi connectivity index (χ0n) is 22.7. The molecule has 2 heterocycles. The Bertz CT molecular complexity index is 1510. The van der Waals surface area contributed by atoms with Crippen molar-refractivity contribution in [1.82, 2.24) is 4.57 Å². The summed E-state index contributed by atoms with van der Waals surface area (Å²) < 4.78 is 19.4. The Kier molecular flexibility index (Phi) is 8.52. The molecule has 1 atom stereocenters. The number of carbonyl (C=O) groups is 1. The van der Waals surface area contributed by atoms with E-state index in [0.29, 0.717) is 44.4 Å². The molecule has 2 aromatic carbocycles. The van der Waals surface area contributed by atoms with Gasteiger partial charge in [0.15, 0.2) is 4.80 Å². The number of ether oxygens (including phenoxy) is 3. The molecule has 0 saturated carbocycles. The van der Waals surface area contributed by atoms with Crippen molar-refractivity contribution in [3.63, 3.8) is 0 Å². The second-order valence-electron chi connectivity index (χ2n) is 9.78. The van der Waals surface area contributed by atoms with Crippen LogP contribution in [-0.4, -0.2) is 29.9 Å². The Morgan fingerprint density at radius 1 is 1.11 bits per heavy atom.